The minimum atomic E-state index is 0.0338. The molecule has 3 aliphatic rings. The van der Waals surface area contributed by atoms with E-state index in [0.29, 0.717) is 10.8 Å². The van der Waals surface area contributed by atoms with Crippen LogP contribution in [0.1, 0.15) is 57.8 Å². The summed E-state index contributed by atoms with van der Waals surface area (Å²) in [6.45, 7) is 0. The topological polar surface area (TPSA) is 20.2 Å². The summed E-state index contributed by atoms with van der Waals surface area (Å²) >= 11 is 0. The zero-order valence-corrected chi connectivity index (χ0v) is 8.39. The number of aliphatic hydroxyl groups is 1. The Morgan fingerprint density at radius 3 is 2.23 bits per heavy atom. The third kappa shape index (κ3) is 0.918. The molecule has 1 N–H and O–H groups in total. The largest absolute Gasteiger partial charge is 0.393 e. The predicted octanol–water partition coefficient (Wildman–Crippen LogP) is 2.87. The summed E-state index contributed by atoms with van der Waals surface area (Å²) in [5, 5.41) is 9.76. The summed E-state index contributed by atoms with van der Waals surface area (Å²) in [4.78, 5) is 0. The van der Waals surface area contributed by atoms with Crippen molar-refractivity contribution in [1.29, 1.82) is 0 Å². The molecule has 0 aromatic rings. The first-order valence-corrected chi connectivity index (χ1v) is 5.95. The van der Waals surface area contributed by atoms with Crippen LogP contribution in [-0.4, -0.2) is 11.2 Å². The number of hydrogen-bond acceptors (Lipinski definition) is 1. The molecule has 0 unspecified atom stereocenters. The third-order valence-corrected chi connectivity index (χ3v) is 5.35. The highest BCUT2D eigenvalue weighted by Gasteiger charge is 2.60. The molecule has 0 aliphatic heterocycles. The van der Waals surface area contributed by atoms with Crippen LogP contribution < -0.4 is 0 Å². The van der Waals surface area contributed by atoms with Gasteiger partial charge in [-0.1, -0.05) is 12.8 Å². The van der Waals surface area contributed by atoms with E-state index >= 15 is 0 Å². The Bertz CT molecular complexity index is 225. The summed E-state index contributed by atoms with van der Waals surface area (Å²) in [5.41, 5.74) is 1.33. The molecule has 0 radical (unpaired) electrons. The number of aliphatic hydroxyl groups excluding tert-OH is 1. The van der Waals surface area contributed by atoms with Gasteiger partial charge in [-0.25, -0.2) is 0 Å². The van der Waals surface area contributed by atoms with E-state index < -0.39 is 0 Å². The van der Waals surface area contributed by atoms with Crippen molar-refractivity contribution in [3.05, 3.63) is 0 Å². The monoisotopic (exact) mass is 180 g/mol. The van der Waals surface area contributed by atoms with E-state index in [4.69, 9.17) is 0 Å². The van der Waals surface area contributed by atoms with Crippen molar-refractivity contribution in [2.75, 3.05) is 0 Å². The molecule has 0 heterocycles. The molecule has 3 fully saturated rings. The second kappa shape index (κ2) is 2.50. The molecule has 0 aromatic heterocycles. The molecule has 3 aliphatic carbocycles. The lowest BCUT2D eigenvalue weighted by atomic mass is 9.39. The van der Waals surface area contributed by atoms with Crippen LogP contribution >= 0.6 is 0 Å². The van der Waals surface area contributed by atoms with E-state index in [1.807, 2.05) is 0 Å². The average molecular weight is 180 g/mol. The van der Waals surface area contributed by atoms with Crippen LogP contribution in [0.2, 0.25) is 0 Å². The normalized spacial score (nSPS) is 54.7. The Labute approximate surface area is 80.5 Å². The third-order valence-electron chi connectivity index (χ3n) is 5.35. The summed E-state index contributed by atoms with van der Waals surface area (Å²) < 4.78 is 0. The molecular weight excluding hydrogens is 160 g/mol. The molecule has 0 spiro atoms. The second-order valence-electron chi connectivity index (χ2n) is 5.66. The van der Waals surface area contributed by atoms with Crippen molar-refractivity contribution in [2.45, 2.75) is 63.9 Å². The van der Waals surface area contributed by atoms with Gasteiger partial charge in [0.25, 0.3) is 0 Å². The van der Waals surface area contributed by atoms with Crippen molar-refractivity contribution < 1.29 is 5.11 Å². The van der Waals surface area contributed by atoms with Gasteiger partial charge >= 0.3 is 0 Å². The maximum absolute atomic E-state index is 9.76. The van der Waals surface area contributed by atoms with Gasteiger partial charge in [0.2, 0.25) is 0 Å². The van der Waals surface area contributed by atoms with Gasteiger partial charge in [0.15, 0.2) is 0 Å². The smallest absolute Gasteiger partial charge is 0.0546 e. The van der Waals surface area contributed by atoms with Gasteiger partial charge in [0.05, 0.1) is 6.10 Å². The van der Waals surface area contributed by atoms with E-state index in [-0.39, 0.29) is 6.10 Å². The van der Waals surface area contributed by atoms with Crippen LogP contribution in [0.25, 0.3) is 0 Å². The van der Waals surface area contributed by atoms with Gasteiger partial charge in [-0.2, -0.15) is 0 Å². The Morgan fingerprint density at radius 1 is 0.846 bits per heavy atom. The van der Waals surface area contributed by atoms with Crippen molar-refractivity contribution >= 4 is 0 Å². The molecule has 13 heavy (non-hydrogen) atoms. The lowest BCUT2D eigenvalue weighted by Gasteiger charge is -2.66. The number of hydrogen-bond donors (Lipinski definition) is 1. The van der Waals surface area contributed by atoms with Gasteiger partial charge < -0.3 is 5.11 Å². The first-order valence-electron chi connectivity index (χ1n) is 5.95. The van der Waals surface area contributed by atoms with Gasteiger partial charge in [-0.15, -0.1) is 0 Å². The minimum absolute atomic E-state index is 0.0338. The quantitative estimate of drug-likeness (QED) is 0.607. The standard InChI is InChI=1S/C12H20O/c13-10-3-6-11-4-1-2-5-12(11,9-10)8-7-11/h10,13H,1-9H2/t10-,11+,12+/m1/s1. The Morgan fingerprint density at radius 2 is 1.54 bits per heavy atom. The van der Waals surface area contributed by atoms with Crippen LogP contribution in [0, 0.1) is 10.8 Å². The van der Waals surface area contributed by atoms with Gasteiger partial charge in [-0.3, -0.25) is 0 Å². The zero-order chi connectivity index (χ0) is 8.94. The van der Waals surface area contributed by atoms with Crippen molar-refractivity contribution in [1.82, 2.24) is 0 Å². The van der Waals surface area contributed by atoms with Gasteiger partial charge in [0, 0.05) is 0 Å². The fourth-order valence-corrected chi connectivity index (χ4v) is 4.47. The second-order valence-corrected chi connectivity index (χ2v) is 5.66. The first-order chi connectivity index (χ1) is 6.27. The molecule has 1 nitrogen and oxygen atoms in total. The highest BCUT2D eigenvalue weighted by Crippen LogP contribution is 2.70. The Hall–Kier alpha value is -0.0400. The molecule has 0 aromatic carbocycles. The SMILES string of the molecule is O[C@@H]1CC[C@]23CCCC[C@]2(CC3)C1. The van der Waals surface area contributed by atoms with Crippen LogP contribution in [0.4, 0.5) is 0 Å². The van der Waals surface area contributed by atoms with E-state index in [9.17, 15) is 5.11 Å². The molecule has 1 heteroatoms. The van der Waals surface area contributed by atoms with Gasteiger partial charge in [-0.05, 0) is 55.8 Å². The van der Waals surface area contributed by atoms with E-state index in [1.165, 1.54) is 44.9 Å². The van der Waals surface area contributed by atoms with Crippen LogP contribution in [0.5, 0.6) is 0 Å². The molecule has 3 rings (SSSR count). The van der Waals surface area contributed by atoms with Gasteiger partial charge in [0.1, 0.15) is 0 Å². The maximum atomic E-state index is 9.76. The lowest BCUT2D eigenvalue weighted by molar-refractivity contribution is -0.175. The molecule has 74 valence electrons. The summed E-state index contributed by atoms with van der Waals surface area (Å²) in [6, 6.07) is 0. The lowest BCUT2D eigenvalue weighted by Crippen LogP contribution is -2.57. The molecule has 0 amide bonds. The van der Waals surface area contributed by atoms with Crippen molar-refractivity contribution in [3.63, 3.8) is 0 Å². The Balaban J connectivity index is 1.89. The van der Waals surface area contributed by atoms with Crippen molar-refractivity contribution in [3.8, 4) is 0 Å². The van der Waals surface area contributed by atoms with E-state index in [0.717, 1.165) is 12.8 Å². The predicted molar refractivity (Wildman–Crippen MR) is 52.4 cm³/mol. The number of rotatable bonds is 0. The average Bonchev–Trinajstić information content (AvgIpc) is 2.11. The molecule has 0 saturated heterocycles. The fraction of sp³-hybridized carbons (Fsp3) is 1.00. The molecule has 3 saturated carbocycles. The molecular formula is C12H20O. The summed E-state index contributed by atoms with van der Waals surface area (Å²) in [7, 11) is 0. The van der Waals surface area contributed by atoms with Crippen LogP contribution in [0.3, 0.4) is 0 Å². The van der Waals surface area contributed by atoms with Crippen LogP contribution in [-0.2, 0) is 0 Å². The van der Waals surface area contributed by atoms with Crippen LogP contribution in [0.15, 0.2) is 0 Å². The fourth-order valence-electron chi connectivity index (χ4n) is 4.47. The van der Waals surface area contributed by atoms with E-state index in [2.05, 4.69) is 0 Å². The highest BCUT2D eigenvalue weighted by atomic mass is 16.3. The first kappa shape index (κ1) is 8.28. The minimum Gasteiger partial charge on any atom is -0.393 e. The highest BCUT2D eigenvalue weighted by molar-refractivity contribution is 5.11. The summed E-state index contributed by atoms with van der Waals surface area (Å²) in [5.74, 6) is 0. The van der Waals surface area contributed by atoms with Crippen molar-refractivity contribution in [2.24, 2.45) is 10.8 Å². The Kier molecular flexibility index (Phi) is 1.59. The van der Waals surface area contributed by atoms with E-state index in [1.54, 1.807) is 0 Å². The molecule has 3 atom stereocenters. The molecule has 0 bridgehead atoms. The zero-order valence-electron chi connectivity index (χ0n) is 8.39. The summed E-state index contributed by atoms with van der Waals surface area (Å²) in [6.07, 6.45) is 12.2. The maximum Gasteiger partial charge on any atom is 0.0546 e.